The summed E-state index contributed by atoms with van der Waals surface area (Å²) in [5.41, 5.74) is 3.08. The van der Waals surface area contributed by atoms with Crippen LogP contribution in [0, 0.1) is 0 Å². The fraction of sp³-hybridized carbons (Fsp3) is 0.455. The first-order valence-electron chi connectivity index (χ1n) is 4.64. The molecule has 3 rings (SSSR count). The van der Waals surface area contributed by atoms with Crippen molar-refractivity contribution in [1.29, 1.82) is 0 Å². The standard InChI is InChI=1S/C11H12O/c1-2-4-9-8(3-1)5-6-10(9)11-7-12-11/h1-4,10-11H,5-7H2/t10?,11-/m0/s1. The molecule has 1 aromatic rings. The number of epoxide rings is 1. The van der Waals surface area contributed by atoms with Crippen molar-refractivity contribution in [2.45, 2.75) is 24.9 Å². The molecular formula is C11H12O. The molecule has 1 aliphatic heterocycles. The summed E-state index contributed by atoms with van der Waals surface area (Å²) in [4.78, 5) is 0. The van der Waals surface area contributed by atoms with Gasteiger partial charge in [-0.05, 0) is 24.0 Å². The fourth-order valence-electron chi connectivity index (χ4n) is 2.26. The Kier molecular flexibility index (Phi) is 1.30. The Labute approximate surface area is 72.4 Å². The Morgan fingerprint density at radius 2 is 2.08 bits per heavy atom. The van der Waals surface area contributed by atoms with Gasteiger partial charge in [-0.15, -0.1) is 0 Å². The summed E-state index contributed by atoms with van der Waals surface area (Å²) in [6, 6.07) is 8.78. The minimum absolute atomic E-state index is 0.550. The number of benzene rings is 1. The van der Waals surface area contributed by atoms with Gasteiger partial charge in [0, 0.05) is 5.92 Å². The number of aryl methyl sites for hydroxylation is 1. The lowest BCUT2D eigenvalue weighted by molar-refractivity contribution is 0.372. The largest absolute Gasteiger partial charge is 0.372 e. The number of ether oxygens (including phenoxy) is 1. The number of fused-ring (bicyclic) bond motifs is 1. The average molecular weight is 160 g/mol. The van der Waals surface area contributed by atoms with Crippen LogP contribution in [-0.2, 0) is 11.2 Å². The molecule has 12 heavy (non-hydrogen) atoms. The molecule has 0 amide bonds. The van der Waals surface area contributed by atoms with E-state index < -0.39 is 0 Å². The van der Waals surface area contributed by atoms with Crippen LogP contribution >= 0.6 is 0 Å². The van der Waals surface area contributed by atoms with Crippen LogP contribution in [0.5, 0.6) is 0 Å². The quantitative estimate of drug-likeness (QED) is 0.573. The summed E-state index contributed by atoms with van der Waals surface area (Å²) in [7, 11) is 0. The van der Waals surface area contributed by atoms with Crippen molar-refractivity contribution in [2.24, 2.45) is 0 Å². The van der Waals surface area contributed by atoms with Crippen LogP contribution in [0.1, 0.15) is 23.5 Å². The highest BCUT2D eigenvalue weighted by atomic mass is 16.6. The van der Waals surface area contributed by atoms with Crippen LogP contribution in [0.25, 0.3) is 0 Å². The summed E-state index contributed by atoms with van der Waals surface area (Å²) >= 11 is 0. The molecule has 0 N–H and O–H groups in total. The molecule has 0 bridgehead atoms. The predicted octanol–water partition coefficient (Wildman–Crippen LogP) is 2.12. The van der Waals surface area contributed by atoms with Crippen molar-refractivity contribution in [1.82, 2.24) is 0 Å². The maximum absolute atomic E-state index is 5.35. The number of hydrogen-bond acceptors (Lipinski definition) is 1. The highest BCUT2D eigenvalue weighted by Crippen LogP contribution is 2.40. The molecule has 1 saturated heterocycles. The highest BCUT2D eigenvalue weighted by Gasteiger charge is 2.37. The van der Waals surface area contributed by atoms with E-state index in [1.807, 2.05) is 0 Å². The van der Waals surface area contributed by atoms with Gasteiger partial charge in [-0.1, -0.05) is 24.3 Å². The van der Waals surface area contributed by atoms with E-state index in [2.05, 4.69) is 24.3 Å². The van der Waals surface area contributed by atoms with Crippen LogP contribution in [-0.4, -0.2) is 12.7 Å². The zero-order valence-corrected chi connectivity index (χ0v) is 6.99. The molecular weight excluding hydrogens is 148 g/mol. The Morgan fingerprint density at radius 1 is 1.25 bits per heavy atom. The van der Waals surface area contributed by atoms with E-state index in [9.17, 15) is 0 Å². The molecule has 2 aliphatic rings. The summed E-state index contributed by atoms with van der Waals surface area (Å²) in [5.74, 6) is 0.709. The molecule has 1 aliphatic carbocycles. The Morgan fingerprint density at radius 3 is 2.92 bits per heavy atom. The molecule has 1 unspecified atom stereocenters. The number of rotatable bonds is 1. The Bertz CT molecular complexity index is 302. The molecule has 0 radical (unpaired) electrons. The van der Waals surface area contributed by atoms with Gasteiger partial charge in [-0.3, -0.25) is 0 Å². The third kappa shape index (κ3) is 0.896. The lowest BCUT2D eigenvalue weighted by Crippen LogP contribution is -2.00. The lowest BCUT2D eigenvalue weighted by Gasteiger charge is -2.06. The molecule has 62 valence electrons. The molecule has 0 spiro atoms. The summed E-state index contributed by atoms with van der Waals surface area (Å²) in [6.07, 6.45) is 3.10. The van der Waals surface area contributed by atoms with Gasteiger partial charge in [0.2, 0.25) is 0 Å². The summed E-state index contributed by atoms with van der Waals surface area (Å²) < 4.78 is 5.35. The second-order valence-electron chi connectivity index (χ2n) is 3.72. The SMILES string of the molecule is c1ccc2c(c1)CCC2[C@@H]1CO1. The van der Waals surface area contributed by atoms with Gasteiger partial charge in [-0.25, -0.2) is 0 Å². The fourth-order valence-corrected chi connectivity index (χ4v) is 2.26. The third-order valence-corrected chi connectivity index (χ3v) is 2.99. The highest BCUT2D eigenvalue weighted by molar-refractivity contribution is 5.36. The van der Waals surface area contributed by atoms with E-state index in [-0.39, 0.29) is 0 Å². The second-order valence-corrected chi connectivity index (χ2v) is 3.72. The van der Waals surface area contributed by atoms with Crippen LogP contribution in [0.4, 0.5) is 0 Å². The van der Waals surface area contributed by atoms with E-state index in [4.69, 9.17) is 4.74 Å². The van der Waals surface area contributed by atoms with Gasteiger partial charge in [0.25, 0.3) is 0 Å². The average Bonchev–Trinajstić information content (AvgIpc) is 2.86. The van der Waals surface area contributed by atoms with Crippen molar-refractivity contribution in [3.63, 3.8) is 0 Å². The maximum Gasteiger partial charge on any atom is 0.0878 e. The van der Waals surface area contributed by atoms with E-state index in [0.29, 0.717) is 12.0 Å². The predicted molar refractivity (Wildman–Crippen MR) is 47.2 cm³/mol. The van der Waals surface area contributed by atoms with Crippen LogP contribution in [0.15, 0.2) is 24.3 Å². The van der Waals surface area contributed by atoms with Crippen molar-refractivity contribution in [2.75, 3.05) is 6.61 Å². The minimum Gasteiger partial charge on any atom is -0.372 e. The van der Waals surface area contributed by atoms with Gasteiger partial charge in [0.15, 0.2) is 0 Å². The molecule has 0 saturated carbocycles. The molecule has 1 fully saturated rings. The number of hydrogen-bond donors (Lipinski definition) is 0. The zero-order chi connectivity index (χ0) is 7.97. The van der Waals surface area contributed by atoms with E-state index in [1.165, 1.54) is 18.4 Å². The third-order valence-electron chi connectivity index (χ3n) is 2.99. The van der Waals surface area contributed by atoms with Crippen molar-refractivity contribution in [3.05, 3.63) is 35.4 Å². The van der Waals surface area contributed by atoms with Gasteiger partial charge in [-0.2, -0.15) is 0 Å². The molecule has 1 nitrogen and oxygen atoms in total. The van der Waals surface area contributed by atoms with E-state index in [0.717, 1.165) is 6.61 Å². The Hall–Kier alpha value is -0.820. The molecule has 0 aromatic heterocycles. The van der Waals surface area contributed by atoms with Gasteiger partial charge in [0.1, 0.15) is 0 Å². The second kappa shape index (κ2) is 2.33. The zero-order valence-electron chi connectivity index (χ0n) is 6.99. The van der Waals surface area contributed by atoms with Crippen molar-refractivity contribution < 1.29 is 4.74 Å². The maximum atomic E-state index is 5.35. The topological polar surface area (TPSA) is 12.5 Å². The van der Waals surface area contributed by atoms with Gasteiger partial charge >= 0.3 is 0 Å². The summed E-state index contributed by atoms with van der Waals surface area (Å²) in [5, 5.41) is 0. The van der Waals surface area contributed by atoms with Crippen molar-refractivity contribution in [3.8, 4) is 0 Å². The summed E-state index contributed by atoms with van der Waals surface area (Å²) in [6.45, 7) is 0.985. The van der Waals surface area contributed by atoms with Crippen LogP contribution in [0.3, 0.4) is 0 Å². The Balaban J connectivity index is 2.01. The first-order chi connectivity index (χ1) is 5.95. The molecule has 1 heteroatoms. The smallest absolute Gasteiger partial charge is 0.0878 e. The first-order valence-corrected chi connectivity index (χ1v) is 4.64. The van der Waals surface area contributed by atoms with Crippen LogP contribution in [0.2, 0.25) is 0 Å². The lowest BCUT2D eigenvalue weighted by atomic mass is 9.98. The molecule has 1 aromatic carbocycles. The van der Waals surface area contributed by atoms with E-state index >= 15 is 0 Å². The molecule has 2 atom stereocenters. The van der Waals surface area contributed by atoms with Gasteiger partial charge < -0.3 is 4.74 Å². The normalized spacial score (nSPS) is 31.7. The monoisotopic (exact) mass is 160 g/mol. The molecule has 1 heterocycles. The minimum atomic E-state index is 0.550. The van der Waals surface area contributed by atoms with Crippen LogP contribution < -0.4 is 0 Å². The van der Waals surface area contributed by atoms with Gasteiger partial charge in [0.05, 0.1) is 12.7 Å². The van der Waals surface area contributed by atoms with E-state index in [1.54, 1.807) is 5.56 Å². The first kappa shape index (κ1) is 6.67. The van der Waals surface area contributed by atoms with Crippen molar-refractivity contribution >= 4 is 0 Å².